The highest BCUT2D eigenvalue weighted by atomic mass is 32.2. The Balaban J connectivity index is 1.99. The summed E-state index contributed by atoms with van der Waals surface area (Å²) in [4.78, 5) is 15.1. The van der Waals surface area contributed by atoms with E-state index in [-0.39, 0.29) is 5.25 Å². The van der Waals surface area contributed by atoms with Crippen molar-refractivity contribution in [3.63, 3.8) is 0 Å². The second kappa shape index (κ2) is 4.42. The van der Waals surface area contributed by atoms with Gasteiger partial charge in [-0.25, -0.2) is 4.98 Å². The summed E-state index contributed by atoms with van der Waals surface area (Å²) in [7, 11) is 0. The number of hydrogen-bond donors (Lipinski definition) is 3. The summed E-state index contributed by atoms with van der Waals surface area (Å²) in [5.41, 5.74) is 4.79. The Kier molecular flexibility index (Phi) is 3.15. The van der Waals surface area contributed by atoms with Gasteiger partial charge in [-0.05, 0) is 25.7 Å². The average molecular weight is 242 g/mol. The average Bonchev–Trinajstić information content (AvgIpc) is 2.70. The summed E-state index contributed by atoms with van der Waals surface area (Å²) in [6, 6.07) is 0. The van der Waals surface area contributed by atoms with E-state index in [0.717, 1.165) is 18.0 Å². The first kappa shape index (κ1) is 11.4. The first-order valence-electron chi connectivity index (χ1n) is 5.14. The number of aromatic amines is 1. The molecule has 4 N–H and O–H groups in total. The highest BCUT2D eigenvalue weighted by molar-refractivity contribution is 7.99. The van der Waals surface area contributed by atoms with Gasteiger partial charge < -0.3 is 10.8 Å². The zero-order valence-electron chi connectivity index (χ0n) is 8.72. The van der Waals surface area contributed by atoms with Crippen molar-refractivity contribution < 1.29 is 9.90 Å². The van der Waals surface area contributed by atoms with E-state index in [0.29, 0.717) is 12.8 Å². The van der Waals surface area contributed by atoms with Gasteiger partial charge in [0.15, 0.2) is 5.16 Å². The summed E-state index contributed by atoms with van der Waals surface area (Å²) in [5, 5.41) is 16.5. The molecule has 1 aromatic rings. The first-order chi connectivity index (χ1) is 7.60. The van der Waals surface area contributed by atoms with Crippen molar-refractivity contribution in [1.82, 2.24) is 15.2 Å². The largest absolute Gasteiger partial charge is 0.480 e. The summed E-state index contributed by atoms with van der Waals surface area (Å²) in [6.07, 6.45) is 4.29. The fraction of sp³-hybridized carbons (Fsp3) is 0.667. The number of nitrogens with zero attached hydrogens (tertiary/aromatic N) is 2. The van der Waals surface area contributed by atoms with Gasteiger partial charge in [0, 0.05) is 5.25 Å². The second-order valence-corrected chi connectivity index (χ2v) is 5.38. The van der Waals surface area contributed by atoms with Crippen LogP contribution in [0.25, 0.3) is 0 Å². The maximum atomic E-state index is 11.1. The normalized spacial score (nSPS) is 30.2. The van der Waals surface area contributed by atoms with Gasteiger partial charge >= 0.3 is 5.97 Å². The molecule has 2 unspecified atom stereocenters. The molecule has 6 nitrogen and oxygen atoms in total. The number of aromatic nitrogens is 3. The number of rotatable bonds is 3. The van der Waals surface area contributed by atoms with Crippen molar-refractivity contribution in [3.8, 4) is 0 Å². The van der Waals surface area contributed by atoms with Crippen molar-refractivity contribution in [2.75, 3.05) is 0 Å². The van der Waals surface area contributed by atoms with E-state index in [2.05, 4.69) is 15.2 Å². The van der Waals surface area contributed by atoms with Crippen LogP contribution in [0.1, 0.15) is 25.7 Å². The SMILES string of the molecule is NC1(C(=O)O)CCCC(Sc2ncn[nH]2)C1. The van der Waals surface area contributed by atoms with E-state index in [9.17, 15) is 4.79 Å². The van der Waals surface area contributed by atoms with Crippen molar-refractivity contribution in [2.45, 2.75) is 41.6 Å². The van der Waals surface area contributed by atoms with Gasteiger partial charge in [-0.3, -0.25) is 9.89 Å². The lowest BCUT2D eigenvalue weighted by molar-refractivity contribution is -0.144. The molecule has 88 valence electrons. The number of carboxylic acids is 1. The van der Waals surface area contributed by atoms with Crippen LogP contribution in [0, 0.1) is 0 Å². The molecule has 1 aromatic heterocycles. The van der Waals surface area contributed by atoms with Gasteiger partial charge in [0.25, 0.3) is 0 Å². The smallest absolute Gasteiger partial charge is 0.323 e. The Hall–Kier alpha value is -1.08. The van der Waals surface area contributed by atoms with Crippen LogP contribution in [0.2, 0.25) is 0 Å². The van der Waals surface area contributed by atoms with E-state index >= 15 is 0 Å². The van der Waals surface area contributed by atoms with Crippen LogP contribution in [-0.2, 0) is 4.79 Å². The quantitative estimate of drug-likeness (QED) is 0.717. The van der Waals surface area contributed by atoms with E-state index in [4.69, 9.17) is 10.8 Å². The van der Waals surface area contributed by atoms with Gasteiger partial charge in [-0.15, -0.1) is 0 Å². The molecule has 0 aliphatic heterocycles. The number of hydrogen-bond acceptors (Lipinski definition) is 5. The second-order valence-electron chi connectivity index (χ2n) is 4.09. The molecule has 0 amide bonds. The zero-order valence-corrected chi connectivity index (χ0v) is 9.54. The molecule has 0 radical (unpaired) electrons. The molecule has 0 saturated heterocycles. The monoisotopic (exact) mass is 242 g/mol. The molecule has 0 bridgehead atoms. The third kappa shape index (κ3) is 2.35. The van der Waals surface area contributed by atoms with E-state index < -0.39 is 11.5 Å². The summed E-state index contributed by atoms with van der Waals surface area (Å²) in [5.74, 6) is -0.907. The molecule has 1 aliphatic carbocycles. The van der Waals surface area contributed by atoms with Crippen LogP contribution in [0.4, 0.5) is 0 Å². The molecular formula is C9H14N4O2S. The third-order valence-electron chi connectivity index (χ3n) is 2.84. The lowest BCUT2D eigenvalue weighted by Crippen LogP contribution is -2.51. The fourth-order valence-electron chi connectivity index (χ4n) is 1.96. The minimum atomic E-state index is -1.07. The number of H-pyrrole nitrogens is 1. The zero-order chi connectivity index (χ0) is 11.6. The van der Waals surface area contributed by atoms with Gasteiger partial charge in [0.1, 0.15) is 11.9 Å². The molecule has 0 spiro atoms. The molecule has 16 heavy (non-hydrogen) atoms. The molecule has 2 rings (SSSR count). The third-order valence-corrected chi connectivity index (χ3v) is 3.99. The Morgan fingerprint density at radius 2 is 2.56 bits per heavy atom. The van der Waals surface area contributed by atoms with Crippen LogP contribution in [0.3, 0.4) is 0 Å². The Labute approximate surface area is 97.0 Å². The van der Waals surface area contributed by atoms with Gasteiger partial charge in [-0.2, -0.15) is 5.10 Å². The van der Waals surface area contributed by atoms with Gasteiger partial charge in [0.2, 0.25) is 0 Å². The summed E-state index contributed by atoms with van der Waals surface area (Å²) < 4.78 is 0. The number of nitrogens with two attached hydrogens (primary N) is 1. The van der Waals surface area contributed by atoms with Crippen molar-refractivity contribution in [3.05, 3.63) is 6.33 Å². The fourth-order valence-corrected chi connectivity index (χ4v) is 3.15. The molecule has 1 saturated carbocycles. The Bertz CT molecular complexity index is 370. The van der Waals surface area contributed by atoms with Crippen LogP contribution in [0.15, 0.2) is 11.5 Å². The Morgan fingerprint density at radius 1 is 1.75 bits per heavy atom. The predicted molar refractivity (Wildman–Crippen MR) is 59.0 cm³/mol. The van der Waals surface area contributed by atoms with Crippen molar-refractivity contribution in [2.24, 2.45) is 5.73 Å². The van der Waals surface area contributed by atoms with Gasteiger partial charge in [-0.1, -0.05) is 11.8 Å². The van der Waals surface area contributed by atoms with Crippen molar-refractivity contribution in [1.29, 1.82) is 0 Å². The number of thioether (sulfide) groups is 1. The molecule has 1 aliphatic rings. The highest BCUT2D eigenvalue weighted by Gasteiger charge is 2.39. The van der Waals surface area contributed by atoms with Crippen LogP contribution >= 0.6 is 11.8 Å². The number of nitrogens with one attached hydrogen (secondary N) is 1. The first-order valence-corrected chi connectivity index (χ1v) is 6.02. The lowest BCUT2D eigenvalue weighted by Gasteiger charge is -2.33. The number of carboxylic acid groups (broad SMARTS) is 1. The lowest BCUT2D eigenvalue weighted by atomic mass is 9.82. The van der Waals surface area contributed by atoms with Crippen molar-refractivity contribution >= 4 is 17.7 Å². The molecule has 1 fully saturated rings. The highest BCUT2D eigenvalue weighted by Crippen LogP contribution is 2.35. The standard InChI is InChI=1S/C9H14N4O2S/c10-9(7(14)15)3-1-2-6(4-9)16-8-11-5-12-13-8/h5-6H,1-4,10H2,(H,14,15)(H,11,12,13). The predicted octanol–water partition coefficient (Wildman–Crippen LogP) is 0.621. The minimum absolute atomic E-state index is 0.197. The van der Waals surface area contributed by atoms with Crippen LogP contribution < -0.4 is 5.73 Å². The van der Waals surface area contributed by atoms with E-state index in [1.54, 1.807) is 0 Å². The maximum Gasteiger partial charge on any atom is 0.323 e. The van der Waals surface area contributed by atoms with E-state index in [1.807, 2.05) is 0 Å². The molecule has 0 aromatic carbocycles. The van der Waals surface area contributed by atoms with Gasteiger partial charge in [0.05, 0.1) is 0 Å². The molecule has 2 atom stereocenters. The summed E-state index contributed by atoms with van der Waals surface area (Å²) in [6.45, 7) is 0. The molecule has 1 heterocycles. The van der Waals surface area contributed by atoms with Crippen LogP contribution in [0.5, 0.6) is 0 Å². The van der Waals surface area contributed by atoms with Crippen LogP contribution in [-0.4, -0.2) is 37.0 Å². The minimum Gasteiger partial charge on any atom is -0.480 e. The molecular weight excluding hydrogens is 228 g/mol. The topological polar surface area (TPSA) is 105 Å². The van der Waals surface area contributed by atoms with E-state index in [1.165, 1.54) is 18.1 Å². The number of carbonyl (C=O) groups is 1. The maximum absolute atomic E-state index is 11.1. The number of aliphatic carboxylic acids is 1. The Morgan fingerprint density at radius 3 is 3.19 bits per heavy atom. The summed E-state index contributed by atoms with van der Waals surface area (Å²) >= 11 is 1.52. The molecule has 7 heteroatoms.